The van der Waals surface area contributed by atoms with Gasteiger partial charge in [-0.3, -0.25) is 13.8 Å². The highest BCUT2D eigenvalue weighted by molar-refractivity contribution is 7.93. The molecule has 8 heteroatoms. The number of para-hydroxylation sites is 1. The lowest BCUT2D eigenvalue weighted by Gasteiger charge is -2.19. The second kappa shape index (κ2) is 5.94. The number of sulfonamides is 1. The van der Waals surface area contributed by atoms with Crippen molar-refractivity contribution in [3.05, 3.63) is 41.7 Å². The van der Waals surface area contributed by atoms with Gasteiger partial charge < -0.3 is 5.11 Å². The monoisotopic (exact) mass is 349 g/mol. The maximum absolute atomic E-state index is 13.1. The molecule has 1 aromatic carbocycles. The number of carbonyl (C=O) groups is 1. The van der Waals surface area contributed by atoms with Crippen molar-refractivity contribution < 1.29 is 18.3 Å². The van der Waals surface area contributed by atoms with Crippen molar-refractivity contribution in [2.45, 2.75) is 30.6 Å². The number of carboxylic acid groups (broad SMARTS) is 1. The lowest BCUT2D eigenvalue weighted by molar-refractivity contribution is -0.137. The maximum Gasteiger partial charge on any atom is 0.304 e. The molecule has 2 aromatic rings. The van der Waals surface area contributed by atoms with Gasteiger partial charge in [-0.2, -0.15) is 5.10 Å². The molecular weight excluding hydrogens is 330 g/mol. The SMILES string of the molecule is CCc1nn(C)cc1S(=O)(=O)N1CC(CC(=O)O)c2ccccc21. The van der Waals surface area contributed by atoms with Crippen LogP contribution in [0.4, 0.5) is 5.69 Å². The molecule has 0 fully saturated rings. The molecule has 3 rings (SSSR count). The van der Waals surface area contributed by atoms with E-state index in [0.717, 1.165) is 5.56 Å². The molecule has 0 spiro atoms. The van der Waals surface area contributed by atoms with E-state index in [1.807, 2.05) is 6.92 Å². The molecule has 1 aromatic heterocycles. The summed E-state index contributed by atoms with van der Waals surface area (Å²) in [6, 6.07) is 7.07. The van der Waals surface area contributed by atoms with Crippen molar-refractivity contribution in [1.82, 2.24) is 9.78 Å². The molecule has 1 unspecified atom stereocenters. The Morgan fingerprint density at radius 1 is 1.38 bits per heavy atom. The summed E-state index contributed by atoms with van der Waals surface area (Å²) >= 11 is 0. The Morgan fingerprint density at radius 3 is 2.75 bits per heavy atom. The van der Waals surface area contributed by atoms with Crippen LogP contribution < -0.4 is 4.31 Å². The zero-order valence-corrected chi connectivity index (χ0v) is 14.3. The van der Waals surface area contributed by atoms with Crippen LogP contribution in [0.5, 0.6) is 0 Å². The van der Waals surface area contributed by atoms with Gasteiger partial charge in [-0.05, 0) is 18.1 Å². The van der Waals surface area contributed by atoms with E-state index in [4.69, 9.17) is 5.11 Å². The van der Waals surface area contributed by atoms with Crippen molar-refractivity contribution in [2.75, 3.05) is 10.8 Å². The number of aryl methyl sites for hydroxylation is 2. The molecule has 0 saturated heterocycles. The second-order valence-corrected chi connectivity index (χ2v) is 7.69. The van der Waals surface area contributed by atoms with E-state index in [1.54, 1.807) is 31.3 Å². The third-order valence-electron chi connectivity index (χ3n) is 4.22. The normalized spacial score (nSPS) is 17.1. The van der Waals surface area contributed by atoms with Gasteiger partial charge in [-0.25, -0.2) is 8.42 Å². The maximum atomic E-state index is 13.1. The van der Waals surface area contributed by atoms with Crippen LogP contribution in [0.3, 0.4) is 0 Å². The summed E-state index contributed by atoms with van der Waals surface area (Å²) in [6.45, 7) is 1.98. The molecule has 1 N–H and O–H groups in total. The average Bonchev–Trinajstić information content (AvgIpc) is 3.09. The minimum atomic E-state index is -3.79. The van der Waals surface area contributed by atoms with Crippen molar-refractivity contribution in [1.29, 1.82) is 0 Å². The Morgan fingerprint density at radius 2 is 2.08 bits per heavy atom. The highest BCUT2D eigenvalue weighted by Gasteiger charge is 2.38. The van der Waals surface area contributed by atoms with Crippen LogP contribution in [-0.2, 0) is 28.3 Å². The first-order chi connectivity index (χ1) is 11.3. The fourth-order valence-corrected chi connectivity index (χ4v) is 4.97. The molecule has 0 aliphatic carbocycles. The van der Waals surface area contributed by atoms with Gasteiger partial charge in [-0.15, -0.1) is 0 Å². The molecule has 0 radical (unpaired) electrons. The smallest absolute Gasteiger partial charge is 0.304 e. The summed E-state index contributed by atoms with van der Waals surface area (Å²) in [6.07, 6.45) is 1.90. The Balaban J connectivity index is 2.07. The fourth-order valence-electron chi connectivity index (χ4n) is 3.16. The molecule has 128 valence electrons. The molecule has 0 saturated carbocycles. The van der Waals surface area contributed by atoms with Gasteiger partial charge in [0.15, 0.2) is 0 Å². The van der Waals surface area contributed by atoms with Gasteiger partial charge in [0.25, 0.3) is 10.0 Å². The van der Waals surface area contributed by atoms with Gasteiger partial charge in [0.05, 0.1) is 17.8 Å². The summed E-state index contributed by atoms with van der Waals surface area (Å²) in [4.78, 5) is 11.3. The quantitative estimate of drug-likeness (QED) is 0.888. The number of rotatable bonds is 5. The van der Waals surface area contributed by atoms with E-state index in [0.29, 0.717) is 17.8 Å². The lowest BCUT2D eigenvalue weighted by atomic mass is 9.98. The standard InChI is InChI=1S/C16H19N3O4S/c1-3-13-15(10-18(2)17-13)24(22,23)19-9-11(8-16(20)21)12-6-4-5-7-14(12)19/h4-7,10-11H,3,8-9H2,1-2H3,(H,20,21). The van der Waals surface area contributed by atoms with Crippen molar-refractivity contribution in [2.24, 2.45) is 7.05 Å². The largest absolute Gasteiger partial charge is 0.481 e. The number of anilines is 1. The van der Waals surface area contributed by atoms with Crippen molar-refractivity contribution >= 4 is 21.7 Å². The van der Waals surface area contributed by atoms with Crippen LogP contribution >= 0.6 is 0 Å². The zero-order valence-electron chi connectivity index (χ0n) is 13.5. The summed E-state index contributed by atoms with van der Waals surface area (Å²) in [5.74, 6) is -1.29. The van der Waals surface area contributed by atoms with E-state index in [1.165, 1.54) is 15.2 Å². The van der Waals surface area contributed by atoms with Gasteiger partial charge >= 0.3 is 5.97 Å². The summed E-state index contributed by atoms with van der Waals surface area (Å²) in [5.41, 5.74) is 1.82. The predicted octanol–water partition coefficient (Wildman–Crippen LogP) is 1.75. The molecule has 2 heterocycles. The Labute approximate surface area is 140 Å². The summed E-state index contributed by atoms with van der Waals surface area (Å²) in [7, 11) is -2.10. The molecule has 0 amide bonds. The number of carboxylic acids is 1. The summed E-state index contributed by atoms with van der Waals surface area (Å²) < 4.78 is 29.1. The van der Waals surface area contributed by atoms with E-state index in [2.05, 4.69) is 5.10 Å². The zero-order chi connectivity index (χ0) is 17.5. The van der Waals surface area contributed by atoms with Crippen LogP contribution in [0, 0.1) is 0 Å². The summed E-state index contributed by atoms with van der Waals surface area (Å²) in [5, 5.41) is 13.3. The van der Waals surface area contributed by atoms with Crippen LogP contribution in [0.25, 0.3) is 0 Å². The van der Waals surface area contributed by atoms with Crippen LogP contribution in [0.15, 0.2) is 35.4 Å². The minimum absolute atomic E-state index is 0.100. The number of nitrogens with zero attached hydrogens (tertiary/aromatic N) is 3. The first-order valence-electron chi connectivity index (χ1n) is 7.70. The second-order valence-electron chi connectivity index (χ2n) is 5.86. The lowest BCUT2D eigenvalue weighted by Crippen LogP contribution is -2.30. The average molecular weight is 349 g/mol. The predicted molar refractivity (Wildman–Crippen MR) is 88.6 cm³/mol. The molecular formula is C16H19N3O4S. The van der Waals surface area contributed by atoms with Crippen LogP contribution in [0.2, 0.25) is 0 Å². The van der Waals surface area contributed by atoms with E-state index in [-0.39, 0.29) is 23.8 Å². The first kappa shape index (κ1) is 16.5. The van der Waals surface area contributed by atoms with Crippen LogP contribution in [0.1, 0.15) is 30.5 Å². The van der Waals surface area contributed by atoms with Crippen molar-refractivity contribution in [3.8, 4) is 0 Å². The third kappa shape index (κ3) is 2.66. The van der Waals surface area contributed by atoms with E-state index < -0.39 is 16.0 Å². The topological polar surface area (TPSA) is 92.5 Å². The van der Waals surface area contributed by atoms with Gasteiger partial charge in [0, 0.05) is 25.7 Å². The number of benzene rings is 1. The molecule has 1 aliphatic heterocycles. The van der Waals surface area contributed by atoms with Crippen molar-refractivity contribution in [3.63, 3.8) is 0 Å². The Bertz CT molecular complexity index is 888. The number of aromatic nitrogens is 2. The van der Waals surface area contributed by atoms with Gasteiger partial charge in [0.1, 0.15) is 4.90 Å². The first-order valence-corrected chi connectivity index (χ1v) is 9.14. The highest BCUT2D eigenvalue weighted by atomic mass is 32.2. The Hall–Kier alpha value is -2.35. The highest BCUT2D eigenvalue weighted by Crippen LogP contribution is 2.41. The Kier molecular flexibility index (Phi) is 4.08. The number of hydrogen-bond acceptors (Lipinski definition) is 4. The van der Waals surface area contributed by atoms with Gasteiger partial charge in [-0.1, -0.05) is 25.1 Å². The molecule has 24 heavy (non-hydrogen) atoms. The molecule has 0 bridgehead atoms. The third-order valence-corrected chi connectivity index (χ3v) is 6.05. The molecule has 7 nitrogen and oxygen atoms in total. The minimum Gasteiger partial charge on any atom is -0.481 e. The van der Waals surface area contributed by atoms with Gasteiger partial charge in [0.2, 0.25) is 0 Å². The molecule has 1 aliphatic rings. The number of fused-ring (bicyclic) bond motifs is 1. The number of aliphatic carboxylic acids is 1. The molecule has 1 atom stereocenters. The van der Waals surface area contributed by atoms with E-state index >= 15 is 0 Å². The van der Waals surface area contributed by atoms with E-state index in [9.17, 15) is 13.2 Å². The fraction of sp³-hybridized carbons (Fsp3) is 0.375. The number of hydrogen-bond donors (Lipinski definition) is 1. The van der Waals surface area contributed by atoms with Crippen LogP contribution in [-0.4, -0.2) is 35.8 Å².